The van der Waals surface area contributed by atoms with E-state index < -0.39 is 9.84 Å². The summed E-state index contributed by atoms with van der Waals surface area (Å²) in [5.74, 6) is 1.45. The van der Waals surface area contributed by atoms with E-state index >= 15 is 0 Å². The van der Waals surface area contributed by atoms with Crippen LogP contribution in [0.2, 0.25) is 5.02 Å². The van der Waals surface area contributed by atoms with E-state index in [0.29, 0.717) is 23.5 Å². The van der Waals surface area contributed by atoms with Crippen molar-refractivity contribution in [3.05, 3.63) is 35.1 Å². The number of hydrogen-bond donors (Lipinski definition) is 1. The molecule has 0 spiro atoms. The van der Waals surface area contributed by atoms with Crippen molar-refractivity contribution < 1.29 is 8.42 Å². The van der Waals surface area contributed by atoms with Crippen molar-refractivity contribution in [2.24, 2.45) is 10.9 Å². The monoisotopic (exact) mass is 410 g/mol. The van der Waals surface area contributed by atoms with Crippen LogP contribution in [0.25, 0.3) is 0 Å². The standard InChI is InChI=1S/C19H27ClN4O2S/c1-14-4-3-7-22-19(14)16-12-18(23-13-17(16)20)24-9-5-15(6-10-24)21-8-11-27(2,25)26/h3,7,12-15,21H,4-6,8-11H2,1-2H3. The van der Waals surface area contributed by atoms with E-state index in [1.54, 1.807) is 6.20 Å². The molecule has 1 aromatic heterocycles. The van der Waals surface area contributed by atoms with Gasteiger partial charge in [-0.2, -0.15) is 0 Å². The average Bonchev–Trinajstić information content (AvgIpc) is 2.62. The lowest BCUT2D eigenvalue weighted by molar-refractivity contribution is 0.422. The van der Waals surface area contributed by atoms with E-state index in [1.165, 1.54) is 6.26 Å². The van der Waals surface area contributed by atoms with Gasteiger partial charge in [-0.15, -0.1) is 0 Å². The van der Waals surface area contributed by atoms with Crippen molar-refractivity contribution >= 4 is 33.0 Å². The number of aromatic nitrogens is 1. The summed E-state index contributed by atoms with van der Waals surface area (Å²) in [7, 11) is -2.91. The van der Waals surface area contributed by atoms with Crippen LogP contribution >= 0.6 is 11.6 Å². The number of anilines is 1. The van der Waals surface area contributed by atoms with Crippen molar-refractivity contribution in [2.45, 2.75) is 32.2 Å². The number of sulfone groups is 1. The second kappa shape index (κ2) is 8.71. The summed E-state index contributed by atoms with van der Waals surface area (Å²) >= 11 is 6.41. The first-order valence-electron chi connectivity index (χ1n) is 9.38. The van der Waals surface area contributed by atoms with Crippen LogP contribution < -0.4 is 10.2 Å². The molecule has 1 unspecified atom stereocenters. The normalized spacial score (nSPS) is 21.4. The van der Waals surface area contributed by atoms with Gasteiger partial charge >= 0.3 is 0 Å². The molecular formula is C19H27ClN4O2S. The zero-order valence-corrected chi connectivity index (χ0v) is 17.4. The minimum absolute atomic E-state index is 0.185. The fourth-order valence-corrected chi connectivity index (χ4v) is 4.22. The maximum Gasteiger partial charge on any atom is 0.148 e. The highest BCUT2D eigenvalue weighted by Crippen LogP contribution is 2.28. The first-order chi connectivity index (χ1) is 12.8. The molecule has 0 saturated carbocycles. The molecule has 1 aromatic rings. The van der Waals surface area contributed by atoms with Gasteiger partial charge in [-0.3, -0.25) is 4.99 Å². The SMILES string of the molecule is CC1CC=CN=C1c1cc(N2CCC(NCCS(C)(=O)=O)CC2)ncc1Cl. The van der Waals surface area contributed by atoms with Crippen LogP contribution in [0.3, 0.4) is 0 Å². The zero-order valence-electron chi connectivity index (χ0n) is 15.9. The van der Waals surface area contributed by atoms with Gasteiger partial charge in [0.15, 0.2) is 0 Å². The molecule has 148 valence electrons. The van der Waals surface area contributed by atoms with Crippen molar-refractivity contribution in [2.75, 3.05) is 36.5 Å². The van der Waals surface area contributed by atoms with Crippen LogP contribution in [0.4, 0.5) is 5.82 Å². The first-order valence-corrected chi connectivity index (χ1v) is 11.8. The molecule has 2 aliphatic rings. The van der Waals surface area contributed by atoms with Crippen molar-refractivity contribution in [1.82, 2.24) is 10.3 Å². The maximum atomic E-state index is 11.2. The van der Waals surface area contributed by atoms with E-state index in [9.17, 15) is 8.42 Å². The van der Waals surface area contributed by atoms with E-state index in [1.807, 2.05) is 12.3 Å². The van der Waals surface area contributed by atoms with E-state index in [-0.39, 0.29) is 5.75 Å². The number of halogens is 1. The minimum atomic E-state index is -2.91. The van der Waals surface area contributed by atoms with Gasteiger partial charge < -0.3 is 10.2 Å². The molecule has 3 rings (SSSR count). The molecule has 2 aliphatic heterocycles. The number of nitrogens with one attached hydrogen (secondary N) is 1. The summed E-state index contributed by atoms with van der Waals surface area (Å²) in [6.45, 7) is 4.43. The Morgan fingerprint density at radius 2 is 2.07 bits per heavy atom. The number of pyridine rings is 1. The molecule has 0 amide bonds. The summed E-state index contributed by atoms with van der Waals surface area (Å²) in [6.07, 6.45) is 9.81. The average molecular weight is 411 g/mol. The Balaban J connectivity index is 1.62. The summed E-state index contributed by atoms with van der Waals surface area (Å²) in [5, 5.41) is 3.99. The maximum absolute atomic E-state index is 11.2. The first kappa shape index (κ1) is 20.3. The lowest BCUT2D eigenvalue weighted by atomic mass is 9.94. The number of rotatable bonds is 6. The van der Waals surface area contributed by atoms with Crippen LogP contribution in [0, 0.1) is 5.92 Å². The number of hydrogen-bond acceptors (Lipinski definition) is 6. The number of nitrogens with zero attached hydrogens (tertiary/aromatic N) is 3. The second-order valence-corrected chi connectivity index (χ2v) is 10.1. The topological polar surface area (TPSA) is 74.7 Å². The molecule has 6 nitrogen and oxygen atoms in total. The van der Waals surface area contributed by atoms with Gasteiger partial charge in [0.25, 0.3) is 0 Å². The molecule has 1 atom stereocenters. The van der Waals surface area contributed by atoms with E-state index in [4.69, 9.17) is 11.6 Å². The predicted octanol–water partition coefficient (Wildman–Crippen LogP) is 2.68. The zero-order chi connectivity index (χ0) is 19.4. The smallest absolute Gasteiger partial charge is 0.148 e. The van der Waals surface area contributed by atoms with Gasteiger partial charge in [-0.05, 0) is 25.3 Å². The number of aliphatic imine (C=N–C) groups is 1. The Morgan fingerprint density at radius 3 is 2.74 bits per heavy atom. The van der Waals surface area contributed by atoms with E-state index in [0.717, 1.165) is 49.4 Å². The molecular weight excluding hydrogens is 384 g/mol. The van der Waals surface area contributed by atoms with Crippen molar-refractivity contribution in [3.8, 4) is 0 Å². The van der Waals surface area contributed by atoms with Crippen LogP contribution in [-0.2, 0) is 9.84 Å². The highest BCUT2D eigenvalue weighted by atomic mass is 35.5. The third-order valence-electron chi connectivity index (χ3n) is 5.12. The Morgan fingerprint density at radius 1 is 1.33 bits per heavy atom. The Kier molecular flexibility index (Phi) is 6.55. The molecule has 27 heavy (non-hydrogen) atoms. The third-order valence-corrected chi connectivity index (χ3v) is 6.36. The lowest BCUT2D eigenvalue weighted by Gasteiger charge is -2.33. The highest BCUT2D eigenvalue weighted by molar-refractivity contribution is 7.90. The van der Waals surface area contributed by atoms with Gasteiger partial charge in [-0.25, -0.2) is 13.4 Å². The van der Waals surface area contributed by atoms with Gasteiger partial charge in [0.2, 0.25) is 0 Å². The van der Waals surface area contributed by atoms with Crippen LogP contribution in [0.15, 0.2) is 29.5 Å². The summed E-state index contributed by atoms with van der Waals surface area (Å²) in [6, 6.07) is 2.40. The van der Waals surface area contributed by atoms with Gasteiger partial charge in [0, 0.05) is 55.8 Å². The van der Waals surface area contributed by atoms with Crippen LogP contribution in [-0.4, -0.2) is 56.8 Å². The summed E-state index contributed by atoms with van der Waals surface area (Å²) in [4.78, 5) is 11.3. The summed E-state index contributed by atoms with van der Waals surface area (Å²) < 4.78 is 22.5. The highest BCUT2D eigenvalue weighted by Gasteiger charge is 2.23. The molecule has 0 aromatic carbocycles. The van der Waals surface area contributed by atoms with Crippen molar-refractivity contribution in [1.29, 1.82) is 0 Å². The minimum Gasteiger partial charge on any atom is -0.356 e. The molecule has 0 bridgehead atoms. The fourth-order valence-electron chi connectivity index (χ4n) is 3.53. The van der Waals surface area contributed by atoms with Gasteiger partial charge in [-0.1, -0.05) is 24.6 Å². The predicted molar refractivity (Wildman–Crippen MR) is 112 cm³/mol. The number of piperidine rings is 1. The fraction of sp³-hybridized carbons (Fsp3) is 0.579. The molecule has 1 saturated heterocycles. The van der Waals surface area contributed by atoms with Crippen LogP contribution in [0.1, 0.15) is 31.7 Å². The van der Waals surface area contributed by atoms with Gasteiger partial charge in [0.1, 0.15) is 15.7 Å². The molecule has 0 aliphatic carbocycles. The van der Waals surface area contributed by atoms with Crippen molar-refractivity contribution in [3.63, 3.8) is 0 Å². The van der Waals surface area contributed by atoms with Gasteiger partial charge in [0.05, 0.1) is 16.5 Å². The number of allylic oxidation sites excluding steroid dienone is 1. The molecule has 3 heterocycles. The summed E-state index contributed by atoms with van der Waals surface area (Å²) in [5.41, 5.74) is 1.98. The largest absolute Gasteiger partial charge is 0.356 e. The Bertz CT molecular complexity index is 830. The van der Waals surface area contributed by atoms with Crippen LogP contribution in [0.5, 0.6) is 0 Å². The Hall–Kier alpha value is -1.44. The second-order valence-electron chi connectivity index (χ2n) is 7.40. The molecule has 1 N–H and O–H groups in total. The Labute approximate surface area is 166 Å². The molecule has 0 radical (unpaired) electrons. The quantitative estimate of drug-likeness (QED) is 0.780. The van der Waals surface area contributed by atoms with E-state index in [2.05, 4.69) is 33.2 Å². The lowest BCUT2D eigenvalue weighted by Crippen LogP contribution is -2.44. The third kappa shape index (κ3) is 5.53. The molecule has 1 fully saturated rings. The molecule has 8 heteroatoms.